The van der Waals surface area contributed by atoms with Crippen LogP contribution in [0.3, 0.4) is 0 Å². The van der Waals surface area contributed by atoms with Gasteiger partial charge in [0.2, 0.25) is 17.7 Å². The molecule has 7 nitrogen and oxygen atoms in total. The predicted molar refractivity (Wildman–Crippen MR) is 146 cm³/mol. The number of likely N-dealkylation sites (N-methyl/N-ethyl adjacent to an activating group) is 1. The zero-order valence-corrected chi connectivity index (χ0v) is 21.5. The molecule has 0 radical (unpaired) electrons. The van der Waals surface area contributed by atoms with E-state index in [0.717, 1.165) is 21.9 Å². The third-order valence-electron chi connectivity index (χ3n) is 7.05. The van der Waals surface area contributed by atoms with Gasteiger partial charge in [-0.2, -0.15) is 0 Å². The summed E-state index contributed by atoms with van der Waals surface area (Å²) < 4.78 is 13.3. The molecule has 0 spiro atoms. The summed E-state index contributed by atoms with van der Waals surface area (Å²) in [5.41, 5.74) is 7.90. The van der Waals surface area contributed by atoms with Crippen LogP contribution in [-0.4, -0.2) is 65.8 Å². The smallest absolute Gasteiger partial charge is 0.246 e. The summed E-state index contributed by atoms with van der Waals surface area (Å²) >= 11 is 0. The van der Waals surface area contributed by atoms with Crippen molar-refractivity contribution in [1.29, 1.82) is 0 Å². The second-order valence-corrected chi connectivity index (χ2v) is 9.56. The maximum Gasteiger partial charge on any atom is 0.246 e. The number of halogens is 1. The van der Waals surface area contributed by atoms with E-state index in [1.54, 1.807) is 30.2 Å². The van der Waals surface area contributed by atoms with Gasteiger partial charge in [0, 0.05) is 26.6 Å². The predicted octanol–water partition coefficient (Wildman–Crippen LogP) is 2.82. The standard InChI is InChI=1S/C30H33FN4O3/c1-3-6-26-30(38)35(16-15-34(26)29(37)25(32)18-20-10-13-24(31)14-11-20)27(28(36)33-2)19-21-9-12-22-7-4-5-8-23(22)17-21/h3-5,7-14,17,25-27H,1,6,15-16,18-19,32H2,2H3,(H,33,36)/t25?,26-,27?/m0/s1. The molecule has 3 aromatic carbocycles. The highest BCUT2D eigenvalue weighted by molar-refractivity contribution is 5.94. The van der Waals surface area contributed by atoms with E-state index >= 15 is 0 Å². The van der Waals surface area contributed by atoms with Crippen LogP contribution in [0.15, 0.2) is 79.4 Å². The van der Waals surface area contributed by atoms with Gasteiger partial charge in [-0.3, -0.25) is 14.4 Å². The summed E-state index contributed by atoms with van der Waals surface area (Å²) in [6, 6.07) is 17.4. The second kappa shape index (κ2) is 12.0. The number of carbonyl (C=O) groups is 3. The molecule has 2 unspecified atom stereocenters. The van der Waals surface area contributed by atoms with Crippen LogP contribution in [-0.2, 0) is 27.2 Å². The van der Waals surface area contributed by atoms with Crippen LogP contribution in [0.1, 0.15) is 17.5 Å². The molecule has 3 N–H and O–H groups in total. The summed E-state index contributed by atoms with van der Waals surface area (Å²) in [7, 11) is 1.55. The lowest BCUT2D eigenvalue weighted by molar-refractivity contribution is -0.156. The summed E-state index contributed by atoms with van der Waals surface area (Å²) in [5, 5.41) is 4.84. The van der Waals surface area contributed by atoms with Crippen molar-refractivity contribution in [3.8, 4) is 0 Å². The molecule has 3 atom stereocenters. The van der Waals surface area contributed by atoms with Crippen molar-refractivity contribution in [3.63, 3.8) is 0 Å². The van der Waals surface area contributed by atoms with Crippen LogP contribution in [0.25, 0.3) is 10.8 Å². The van der Waals surface area contributed by atoms with Crippen LogP contribution >= 0.6 is 0 Å². The summed E-state index contributed by atoms with van der Waals surface area (Å²) in [6.45, 7) is 4.21. The third-order valence-corrected chi connectivity index (χ3v) is 7.05. The van der Waals surface area contributed by atoms with Crippen LogP contribution < -0.4 is 11.1 Å². The molecule has 1 aliphatic rings. The van der Waals surface area contributed by atoms with E-state index < -0.39 is 18.1 Å². The molecule has 0 saturated carbocycles. The first-order valence-electron chi connectivity index (χ1n) is 12.7. The Kier molecular flexibility index (Phi) is 8.53. The molecule has 1 aliphatic heterocycles. The van der Waals surface area contributed by atoms with Gasteiger partial charge in [0.05, 0.1) is 6.04 Å². The molecule has 3 aromatic rings. The molecule has 0 aliphatic carbocycles. The Morgan fingerprint density at radius 3 is 2.42 bits per heavy atom. The van der Waals surface area contributed by atoms with Gasteiger partial charge < -0.3 is 20.9 Å². The Morgan fingerprint density at radius 2 is 1.74 bits per heavy atom. The number of nitrogens with two attached hydrogens (primary N) is 1. The van der Waals surface area contributed by atoms with Crippen LogP contribution in [0.5, 0.6) is 0 Å². The van der Waals surface area contributed by atoms with Crippen molar-refractivity contribution in [1.82, 2.24) is 15.1 Å². The van der Waals surface area contributed by atoms with E-state index in [9.17, 15) is 18.8 Å². The van der Waals surface area contributed by atoms with Crippen LogP contribution in [0, 0.1) is 5.82 Å². The molecule has 0 aromatic heterocycles. The quantitative estimate of drug-likeness (QED) is 0.428. The minimum absolute atomic E-state index is 0.202. The molecule has 0 bridgehead atoms. The average molecular weight is 517 g/mol. The molecular weight excluding hydrogens is 483 g/mol. The first kappa shape index (κ1) is 27.0. The van der Waals surface area contributed by atoms with Gasteiger partial charge in [-0.15, -0.1) is 6.58 Å². The summed E-state index contributed by atoms with van der Waals surface area (Å²) in [5.74, 6) is -1.31. The lowest BCUT2D eigenvalue weighted by Crippen LogP contribution is -2.65. The van der Waals surface area contributed by atoms with Crippen molar-refractivity contribution >= 4 is 28.5 Å². The highest BCUT2D eigenvalue weighted by atomic mass is 19.1. The van der Waals surface area contributed by atoms with E-state index in [2.05, 4.69) is 11.9 Å². The highest BCUT2D eigenvalue weighted by Crippen LogP contribution is 2.23. The Morgan fingerprint density at radius 1 is 1.05 bits per heavy atom. The molecule has 1 heterocycles. The van der Waals surface area contributed by atoms with E-state index in [1.807, 2.05) is 42.5 Å². The zero-order valence-electron chi connectivity index (χ0n) is 21.5. The van der Waals surface area contributed by atoms with Crippen molar-refractivity contribution in [2.24, 2.45) is 5.73 Å². The van der Waals surface area contributed by atoms with Gasteiger partial charge >= 0.3 is 0 Å². The second-order valence-electron chi connectivity index (χ2n) is 9.56. The number of nitrogens with one attached hydrogen (secondary N) is 1. The van der Waals surface area contributed by atoms with E-state index in [-0.39, 0.29) is 49.5 Å². The fourth-order valence-electron chi connectivity index (χ4n) is 5.04. The van der Waals surface area contributed by atoms with Crippen molar-refractivity contribution in [2.45, 2.75) is 37.4 Å². The Bertz CT molecular complexity index is 1330. The maximum absolute atomic E-state index is 13.7. The number of rotatable bonds is 9. The number of hydrogen-bond acceptors (Lipinski definition) is 4. The molecule has 38 heavy (non-hydrogen) atoms. The number of carbonyl (C=O) groups excluding carboxylic acids is 3. The normalized spacial score (nSPS) is 17.2. The number of fused-ring (bicyclic) bond motifs is 1. The maximum atomic E-state index is 13.7. The fraction of sp³-hybridized carbons (Fsp3) is 0.300. The molecule has 1 saturated heterocycles. The number of nitrogens with zero attached hydrogens (tertiary/aromatic N) is 2. The summed E-state index contributed by atoms with van der Waals surface area (Å²) in [4.78, 5) is 43.1. The van der Waals surface area contributed by atoms with Crippen LogP contribution in [0.4, 0.5) is 4.39 Å². The summed E-state index contributed by atoms with van der Waals surface area (Å²) in [6.07, 6.45) is 2.39. The van der Waals surface area contributed by atoms with Gasteiger partial charge in [0.1, 0.15) is 17.9 Å². The number of benzene rings is 3. The zero-order chi connectivity index (χ0) is 27.2. The average Bonchev–Trinajstić information content (AvgIpc) is 2.93. The van der Waals surface area contributed by atoms with Gasteiger partial charge in [-0.1, -0.05) is 60.7 Å². The first-order chi connectivity index (χ1) is 18.3. The van der Waals surface area contributed by atoms with Gasteiger partial charge in [0.15, 0.2) is 0 Å². The monoisotopic (exact) mass is 516 g/mol. The molecule has 1 fully saturated rings. The number of hydrogen-bond donors (Lipinski definition) is 2. The van der Waals surface area contributed by atoms with Gasteiger partial charge in [-0.05, 0) is 46.9 Å². The molecule has 198 valence electrons. The van der Waals surface area contributed by atoms with Gasteiger partial charge in [-0.25, -0.2) is 4.39 Å². The Balaban J connectivity index is 1.53. The van der Waals surface area contributed by atoms with Crippen molar-refractivity contribution in [2.75, 3.05) is 20.1 Å². The first-order valence-corrected chi connectivity index (χ1v) is 12.7. The fourth-order valence-corrected chi connectivity index (χ4v) is 5.04. The Labute approximate surface area is 222 Å². The highest BCUT2D eigenvalue weighted by Gasteiger charge is 2.42. The van der Waals surface area contributed by atoms with Crippen LogP contribution in [0.2, 0.25) is 0 Å². The molecular formula is C30H33FN4O3. The molecule has 8 heteroatoms. The van der Waals surface area contributed by atoms with E-state index in [1.165, 1.54) is 17.0 Å². The number of piperazine rings is 1. The van der Waals surface area contributed by atoms with E-state index in [4.69, 9.17) is 5.73 Å². The van der Waals surface area contributed by atoms with Gasteiger partial charge in [0.25, 0.3) is 0 Å². The molecule has 3 amide bonds. The topological polar surface area (TPSA) is 95.7 Å². The largest absolute Gasteiger partial charge is 0.357 e. The lowest BCUT2D eigenvalue weighted by Gasteiger charge is -2.43. The molecule has 4 rings (SSSR count). The van der Waals surface area contributed by atoms with E-state index in [0.29, 0.717) is 6.42 Å². The lowest BCUT2D eigenvalue weighted by atomic mass is 9.97. The number of amides is 3. The third kappa shape index (κ3) is 5.92. The minimum atomic E-state index is -0.889. The Hall–Kier alpha value is -4.04. The van der Waals surface area contributed by atoms with Crippen molar-refractivity contribution < 1.29 is 18.8 Å². The SMILES string of the molecule is C=CC[C@H]1C(=O)N(C(Cc2ccc3ccccc3c2)C(=O)NC)CCN1C(=O)C(N)Cc1ccc(F)cc1. The minimum Gasteiger partial charge on any atom is -0.357 e. The van der Waals surface area contributed by atoms with Crippen molar-refractivity contribution in [3.05, 3.63) is 96.3 Å².